The number of fused-ring (bicyclic) bond motifs is 6. The lowest BCUT2D eigenvalue weighted by Gasteiger charge is -2.10. The van der Waals surface area contributed by atoms with Crippen LogP contribution in [0.15, 0.2) is 170 Å². The third kappa shape index (κ3) is 4.50. The smallest absolute Gasteiger partial charge is 0.138 e. The van der Waals surface area contributed by atoms with Gasteiger partial charge in [0, 0.05) is 21.5 Å². The minimum Gasteiger partial charge on any atom is -0.294 e. The molecule has 10 rings (SSSR count). The topological polar surface area (TPSA) is 61.4 Å². The molecule has 4 aromatic carbocycles. The van der Waals surface area contributed by atoms with E-state index in [9.17, 15) is 0 Å². The standard InChI is InChI=1S/C44H28N6/c1-5-23-39-29(13-1)30-14-2-6-24-40(30)49(39)43-27-11-21-37(47-43)35-19-9-17-33(45-35)34-18-10-20-36(46-34)38-22-12-28-44(48-38)50-41-25-7-3-15-31(41)32-16-4-8-26-42(32)50/h1-28H/i9D,10D,11D,12D,17D,18D,19D,20D,21D,22D,27D,28D. The molecule has 0 saturated carbocycles. The van der Waals surface area contributed by atoms with E-state index in [1.807, 2.05) is 97.1 Å². The summed E-state index contributed by atoms with van der Waals surface area (Å²) in [6.07, 6.45) is 0. The summed E-state index contributed by atoms with van der Waals surface area (Å²) in [6, 6.07) is 22.7. The van der Waals surface area contributed by atoms with Gasteiger partial charge < -0.3 is 0 Å². The van der Waals surface area contributed by atoms with Crippen LogP contribution in [0.2, 0.25) is 0 Å². The van der Waals surface area contributed by atoms with E-state index in [0.29, 0.717) is 22.1 Å². The molecule has 50 heavy (non-hydrogen) atoms. The fraction of sp³-hybridized carbons (Fsp3) is 0. The van der Waals surface area contributed by atoms with Gasteiger partial charge in [0.05, 0.1) is 72.7 Å². The Labute approximate surface area is 304 Å². The largest absolute Gasteiger partial charge is 0.294 e. The van der Waals surface area contributed by atoms with Gasteiger partial charge in [-0.3, -0.25) is 9.13 Å². The van der Waals surface area contributed by atoms with Gasteiger partial charge in [-0.15, -0.1) is 0 Å². The maximum absolute atomic E-state index is 8.95. The molecular weight excluding hydrogens is 613 g/mol. The van der Waals surface area contributed by atoms with Crippen molar-refractivity contribution in [1.29, 1.82) is 0 Å². The van der Waals surface area contributed by atoms with Crippen LogP contribution in [0.1, 0.15) is 16.4 Å². The molecule has 0 saturated heterocycles. The second-order valence-electron chi connectivity index (χ2n) is 11.4. The molecule has 6 heteroatoms. The lowest BCUT2D eigenvalue weighted by molar-refractivity contribution is 1.07. The second kappa shape index (κ2) is 11.4. The summed E-state index contributed by atoms with van der Waals surface area (Å²) in [5, 5.41) is 3.38. The molecule has 0 aliphatic heterocycles. The van der Waals surface area contributed by atoms with Crippen LogP contribution in [0.4, 0.5) is 0 Å². The van der Waals surface area contributed by atoms with Crippen LogP contribution in [0.25, 0.3) is 89.4 Å². The Morgan fingerprint density at radius 3 is 0.900 bits per heavy atom. The van der Waals surface area contributed by atoms with Gasteiger partial charge in [-0.2, -0.15) is 0 Å². The average Bonchev–Trinajstić information content (AvgIpc) is 3.80. The maximum atomic E-state index is 8.95. The Kier molecular flexibility index (Phi) is 4.22. The minimum absolute atomic E-state index is 0.0478. The highest BCUT2D eigenvalue weighted by molar-refractivity contribution is 6.10. The highest BCUT2D eigenvalue weighted by Crippen LogP contribution is 2.34. The van der Waals surface area contributed by atoms with Gasteiger partial charge in [0.15, 0.2) is 0 Å². The zero-order chi connectivity index (χ0) is 43.5. The van der Waals surface area contributed by atoms with Crippen LogP contribution in [0.5, 0.6) is 0 Å². The zero-order valence-corrected chi connectivity index (χ0v) is 25.9. The van der Waals surface area contributed by atoms with Crippen molar-refractivity contribution in [3.63, 3.8) is 0 Å². The van der Waals surface area contributed by atoms with E-state index < -0.39 is 83.2 Å². The highest BCUT2D eigenvalue weighted by Gasteiger charge is 2.16. The molecule has 0 atom stereocenters. The minimum atomic E-state index is -0.699. The Hall–Kier alpha value is -6.92. The third-order valence-corrected chi connectivity index (χ3v) is 8.57. The lowest BCUT2D eigenvalue weighted by Crippen LogP contribution is -2.00. The van der Waals surface area contributed by atoms with Crippen molar-refractivity contribution in [1.82, 2.24) is 29.1 Å². The van der Waals surface area contributed by atoms with Gasteiger partial charge >= 0.3 is 0 Å². The van der Waals surface area contributed by atoms with Gasteiger partial charge in [0.25, 0.3) is 0 Å². The molecule has 6 aromatic heterocycles. The van der Waals surface area contributed by atoms with Gasteiger partial charge in [-0.1, -0.05) is 97.0 Å². The number of pyridine rings is 4. The summed E-state index contributed by atoms with van der Waals surface area (Å²) in [7, 11) is 0. The molecule has 234 valence electrons. The first-order valence-corrected chi connectivity index (χ1v) is 15.7. The second-order valence-corrected chi connectivity index (χ2v) is 11.4. The molecule has 0 unspecified atom stereocenters. The normalized spacial score (nSPS) is 15.0. The van der Waals surface area contributed by atoms with Crippen molar-refractivity contribution in [2.75, 3.05) is 0 Å². The first kappa shape index (κ1) is 18.6. The third-order valence-electron chi connectivity index (χ3n) is 8.57. The first-order valence-electron chi connectivity index (χ1n) is 21.7. The molecule has 0 spiro atoms. The van der Waals surface area contributed by atoms with E-state index in [1.54, 1.807) is 9.13 Å². The molecular formula is C44H28N6. The molecule has 0 aliphatic carbocycles. The quantitative estimate of drug-likeness (QED) is 0.186. The van der Waals surface area contributed by atoms with Crippen LogP contribution >= 0.6 is 0 Å². The molecule has 0 bridgehead atoms. The van der Waals surface area contributed by atoms with Crippen molar-refractivity contribution < 1.29 is 16.4 Å². The van der Waals surface area contributed by atoms with E-state index in [0.717, 1.165) is 21.5 Å². The number of para-hydroxylation sites is 4. The van der Waals surface area contributed by atoms with Crippen molar-refractivity contribution in [3.8, 4) is 45.8 Å². The predicted molar refractivity (Wildman–Crippen MR) is 203 cm³/mol. The number of rotatable bonds is 5. The Bertz CT molecular complexity index is 3240. The van der Waals surface area contributed by atoms with Crippen molar-refractivity contribution in [3.05, 3.63) is 170 Å². The lowest BCUT2D eigenvalue weighted by atomic mass is 10.1. The van der Waals surface area contributed by atoms with Crippen molar-refractivity contribution in [2.24, 2.45) is 0 Å². The SMILES string of the molecule is [2H]c1c(-c2nc(-c3nc(-n4c5ccccc5c5ccccc54)c([2H])c([2H])c3[2H])c([2H])c([2H])c2[2H])nc(-c2nc(-n3c4ccccc4c4ccccc43)c([2H])c([2H])c2[2H])c([2H])c1[2H]. The summed E-state index contributed by atoms with van der Waals surface area (Å²) in [6.45, 7) is 0. The summed E-state index contributed by atoms with van der Waals surface area (Å²) in [4.78, 5) is 18.3. The van der Waals surface area contributed by atoms with Crippen LogP contribution in [-0.4, -0.2) is 29.1 Å². The Balaban J connectivity index is 1.20. The van der Waals surface area contributed by atoms with E-state index in [2.05, 4.69) is 19.9 Å². The van der Waals surface area contributed by atoms with Crippen LogP contribution in [0.3, 0.4) is 0 Å². The van der Waals surface area contributed by atoms with Gasteiger partial charge in [0.1, 0.15) is 11.6 Å². The van der Waals surface area contributed by atoms with Crippen LogP contribution in [-0.2, 0) is 0 Å². The molecule has 0 amide bonds. The molecule has 0 fully saturated rings. The molecule has 10 aromatic rings. The Morgan fingerprint density at radius 1 is 0.320 bits per heavy atom. The molecule has 0 radical (unpaired) electrons. The highest BCUT2D eigenvalue weighted by atomic mass is 15.1. The van der Waals surface area contributed by atoms with E-state index in [4.69, 9.17) is 16.4 Å². The van der Waals surface area contributed by atoms with E-state index in [-0.39, 0.29) is 35.1 Å². The van der Waals surface area contributed by atoms with Gasteiger partial charge in [0.2, 0.25) is 0 Å². The van der Waals surface area contributed by atoms with Crippen LogP contribution in [0, 0.1) is 0 Å². The number of nitrogens with zero attached hydrogens (tertiary/aromatic N) is 6. The average molecular weight is 653 g/mol. The van der Waals surface area contributed by atoms with Gasteiger partial charge in [-0.25, -0.2) is 19.9 Å². The number of benzene rings is 4. The predicted octanol–water partition coefficient (Wildman–Crippen LogP) is 10.5. The Morgan fingerprint density at radius 2 is 0.580 bits per heavy atom. The first-order chi connectivity index (χ1) is 29.8. The fourth-order valence-electron chi connectivity index (χ4n) is 6.44. The van der Waals surface area contributed by atoms with E-state index in [1.165, 1.54) is 0 Å². The van der Waals surface area contributed by atoms with Crippen molar-refractivity contribution >= 4 is 43.6 Å². The fourth-order valence-corrected chi connectivity index (χ4v) is 6.44. The summed E-state index contributed by atoms with van der Waals surface area (Å²) < 4.78 is 110. The summed E-state index contributed by atoms with van der Waals surface area (Å²) in [5.41, 5.74) is 0.107. The van der Waals surface area contributed by atoms with Crippen LogP contribution < -0.4 is 0 Å². The molecule has 6 nitrogen and oxygen atoms in total. The van der Waals surface area contributed by atoms with Gasteiger partial charge in [-0.05, 0) is 72.6 Å². The van der Waals surface area contributed by atoms with Crippen molar-refractivity contribution in [2.45, 2.75) is 0 Å². The number of hydrogen-bond acceptors (Lipinski definition) is 4. The zero-order valence-electron chi connectivity index (χ0n) is 37.9. The molecule has 6 heterocycles. The maximum Gasteiger partial charge on any atom is 0.138 e. The summed E-state index contributed by atoms with van der Waals surface area (Å²) in [5.74, 6) is -0.0956. The number of aromatic nitrogens is 6. The number of hydrogen-bond donors (Lipinski definition) is 0. The molecule has 0 aliphatic rings. The molecule has 0 N–H and O–H groups in total. The van der Waals surface area contributed by atoms with E-state index >= 15 is 0 Å². The summed E-state index contributed by atoms with van der Waals surface area (Å²) >= 11 is 0. The monoisotopic (exact) mass is 652 g/mol.